The zero-order valence-corrected chi connectivity index (χ0v) is 14.8. The van der Waals surface area contributed by atoms with Crippen LogP contribution in [-0.2, 0) is 17.6 Å². The Morgan fingerprint density at radius 1 is 1.52 bits per heavy atom. The molecule has 1 aliphatic carbocycles. The lowest BCUT2D eigenvalue weighted by atomic mass is 9.84. The van der Waals surface area contributed by atoms with E-state index in [0.717, 1.165) is 49.0 Å². The Balaban J connectivity index is 1.63. The number of amides is 1. The topological polar surface area (TPSA) is 70.7 Å². The van der Waals surface area contributed by atoms with Gasteiger partial charge in [-0.1, -0.05) is 11.6 Å². The SMILES string of the molecule is CSCCCNC(=O)CC1CCc2[nH]c3ncnc(Cl)c3c2C1. The fraction of sp³-hybridized carbons (Fsp3) is 0.562. The standard InChI is InChI=1S/C16H21ClN4OS/c1-23-6-2-5-18-13(22)8-10-3-4-12-11(7-10)14-15(17)19-9-20-16(14)21-12/h9-10H,2-8H2,1H3,(H,18,22)(H,19,20,21). The molecule has 0 aliphatic heterocycles. The molecule has 2 aromatic heterocycles. The second-order valence-corrected chi connectivity index (χ2v) is 7.32. The molecule has 0 bridgehead atoms. The number of aromatic amines is 1. The monoisotopic (exact) mass is 352 g/mol. The molecule has 1 unspecified atom stereocenters. The second kappa shape index (κ2) is 7.53. The van der Waals surface area contributed by atoms with Crippen molar-refractivity contribution >= 4 is 40.3 Å². The summed E-state index contributed by atoms with van der Waals surface area (Å²) in [6, 6.07) is 0. The molecule has 0 aromatic carbocycles. The minimum Gasteiger partial charge on any atom is -0.356 e. The van der Waals surface area contributed by atoms with Crippen LogP contribution in [-0.4, -0.2) is 39.4 Å². The molecule has 0 spiro atoms. The summed E-state index contributed by atoms with van der Waals surface area (Å²) in [5.74, 6) is 1.60. The van der Waals surface area contributed by atoms with Gasteiger partial charge in [0.1, 0.15) is 17.1 Å². The Labute approximate surface area is 145 Å². The van der Waals surface area contributed by atoms with Gasteiger partial charge >= 0.3 is 0 Å². The van der Waals surface area contributed by atoms with Crippen LogP contribution in [0.4, 0.5) is 0 Å². The quantitative estimate of drug-likeness (QED) is 0.619. The maximum Gasteiger partial charge on any atom is 0.220 e. The van der Waals surface area contributed by atoms with Crippen molar-refractivity contribution in [2.24, 2.45) is 5.92 Å². The molecule has 7 heteroatoms. The van der Waals surface area contributed by atoms with Gasteiger partial charge in [-0.15, -0.1) is 0 Å². The van der Waals surface area contributed by atoms with Crippen molar-refractivity contribution in [3.8, 4) is 0 Å². The Morgan fingerprint density at radius 2 is 2.39 bits per heavy atom. The first-order valence-corrected chi connectivity index (χ1v) is 9.71. The fourth-order valence-corrected chi connectivity index (χ4v) is 3.91. The Hall–Kier alpha value is -1.27. The molecule has 0 radical (unpaired) electrons. The zero-order chi connectivity index (χ0) is 16.2. The number of nitrogens with one attached hydrogen (secondary N) is 2. The average Bonchev–Trinajstić information content (AvgIpc) is 2.91. The maximum atomic E-state index is 12.1. The normalized spacial score (nSPS) is 17.2. The van der Waals surface area contributed by atoms with Gasteiger partial charge in [-0.3, -0.25) is 4.79 Å². The Kier molecular flexibility index (Phi) is 5.43. The molecule has 3 rings (SSSR count). The second-order valence-electron chi connectivity index (χ2n) is 5.98. The lowest BCUT2D eigenvalue weighted by Crippen LogP contribution is -2.28. The third kappa shape index (κ3) is 3.80. The van der Waals surface area contributed by atoms with Gasteiger partial charge in [0.15, 0.2) is 0 Å². The number of H-pyrrole nitrogens is 1. The Bertz CT molecular complexity index is 703. The van der Waals surface area contributed by atoms with E-state index in [0.29, 0.717) is 17.5 Å². The number of aryl methyl sites for hydroxylation is 1. The highest BCUT2D eigenvalue weighted by atomic mass is 35.5. The molecular weight excluding hydrogens is 332 g/mol. The number of carbonyl (C=O) groups is 1. The third-order valence-corrected chi connectivity index (χ3v) is 5.34. The fourth-order valence-electron chi connectivity index (χ4n) is 3.23. The lowest BCUT2D eigenvalue weighted by Gasteiger charge is -2.22. The van der Waals surface area contributed by atoms with Gasteiger partial charge in [-0.25, -0.2) is 9.97 Å². The highest BCUT2D eigenvalue weighted by Gasteiger charge is 2.25. The first kappa shape index (κ1) is 16.6. The first-order chi connectivity index (χ1) is 11.2. The van der Waals surface area contributed by atoms with E-state index in [2.05, 4.69) is 26.5 Å². The summed E-state index contributed by atoms with van der Waals surface area (Å²) in [4.78, 5) is 23.8. The average molecular weight is 353 g/mol. The molecule has 1 amide bonds. The van der Waals surface area contributed by atoms with Crippen LogP contribution in [0, 0.1) is 5.92 Å². The molecule has 2 heterocycles. The van der Waals surface area contributed by atoms with Gasteiger partial charge in [-0.05, 0) is 49.2 Å². The van der Waals surface area contributed by atoms with Crippen molar-refractivity contribution in [1.82, 2.24) is 20.3 Å². The number of hydrogen-bond acceptors (Lipinski definition) is 4. The Morgan fingerprint density at radius 3 is 3.22 bits per heavy atom. The van der Waals surface area contributed by atoms with Crippen LogP contribution in [0.15, 0.2) is 6.33 Å². The molecular formula is C16H21ClN4OS. The summed E-state index contributed by atoms with van der Waals surface area (Å²) >= 11 is 8.04. The molecule has 5 nitrogen and oxygen atoms in total. The van der Waals surface area contributed by atoms with Gasteiger partial charge in [0.05, 0.1) is 5.39 Å². The molecule has 0 fully saturated rings. The largest absolute Gasteiger partial charge is 0.356 e. The van der Waals surface area contributed by atoms with Gasteiger partial charge in [0.2, 0.25) is 5.91 Å². The van der Waals surface area contributed by atoms with Crippen LogP contribution >= 0.6 is 23.4 Å². The van der Waals surface area contributed by atoms with Crippen LogP contribution in [0.1, 0.15) is 30.5 Å². The summed E-state index contributed by atoms with van der Waals surface area (Å²) in [6.07, 6.45) is 7.98. The molecule has 1 atom stereocenters. The number of aromatic nitrogens is 3. The summed E-state index contributed by atoms with van der Waals surface area (Å²) in [5.41, 5.74) is 3.19. The van der Waals surface area contributed by atoms with E-state index in [1.807, 2.05) is 0 Å². The van der Waals surface area contributed by atoms with Gasteiger partial charge in [0.25, 0.3) is 0 Å². The van der Waals surface area contributed by atoms with E-state index >= 15 is 0 Å². The van der Waals surface area contributed by atoms with Gasteiger partial charge < -0.3 is 10.3 Å². The highest BCUT2D eigenvalue weighted by molar-refractivity contribution is 7.98. The molecule has 23 heavy (non-hydrogen) atoms. The minimum absolute atomic E-state index is 0.154. The van der Waals surface area contributed by atoms with Crippen molar-refractivity contribution in [1.29, 1.82) is 0 Å². The predicted molar refractivity (Wildman–Crippen MR) is 95.0 cm³/mol. The van der Waals surface area contributed by atoms with E-state index in [1.54, 1.807) is 11.8 Å². The van der Waals surface area contributed by atoms with Crippen molar-refractivity contribution in [2.75, 3.05) is 18.6 Å². The molecule has 2 aromatic rings. The van der Waals surface area contributed by atoms with E-state index in [1.165, 1.54) is 17.6 Å². The van der Waals surface area contributed by atoms with E-state index in [4.69, 9.17) is 11.6 Å². The van der Waals surface area contributed by atoms with Crippen LogP contribution in [0.25, 0.3) is 11.0 Å². The van der Waals surface area contributed by atoms with Gasteiger partial charge in [-0.2, -0.15) is 11.8 Å². The number of hydrogen-bond donors (Lipinski definition) is 2. The molecule has 1 aliphatic rings. The number of carbonyl (C=O) groups excluding carboxylic acids is 1. The van der Waals surface area contributed by atoms with Crippen LogP contribution in [0.2, 0.25) is 5.15 Å². The van der Waals surface area contributed by atoms with E-state index < -0.39 is 0 Å². The van der Waals surface area contributed by atoms with Crippen LogP contribution in [0.3, 0.4) is 0 Å². The highest BCUT2D eigenvalue weighted by Crippen LogP contribution is 2.34. The zero-order valence-electron chi connectivity index (χ0n) is 13.2. The van der Waals surface area contributed by atoms with Crippen LogP contribution in [0.5, 0.6) is 0 Å². The van der Waals surface area contributed by atoms with E-state index in [9.17, 15) is 4.79 Å². The summed E-state index contributed by atoms with van der Waals surface area (Å²) in [6.45, 7) is 0.768. The lowest BCUT2D eigenvalue weighted by molar-refractivity contribution is -0.122. The molecule has 0 saturated heterocycles. The van der Waals surface area contributed by atoms with Gasteiger partial charge in [0, 0.05) is 18.7 Å². The number of thioether (sulfide) groups is 1. The number of nitrogens with zero attached hydrogens (tertiary/aromatic N) is 2. The summed E-state index contributed by atoms with van der Waals surface area (Å²) in [5, 5.41) is 4.44. The number of halogens is 1. The molecule has 0 saturated carbocycles. The maximum absolute atomic E-state index is 12.1. The smallest absolute Gasteiger partial charge is 0.220 e. The molecule has 2 N–H and O–H groups in total. The predicted octanol–water partition coefficient (Wildman–Crippen LogP) is 2.98. The first-order valence-electron chi connectivity index (χ1n) is 7.94. The van der Waals surface area contributed by atoms with Crippen LogP contribution < -0.4 is 5.32 Å². The number of rotatable bonds is 6. The summed E-state index contributed by atoms with van der Waals surface area (Å²) < 4.78 is 0. The minimum atomic E-state index is 0.154. The summed E-state index contributed by atoms with van der Waals surface area (Å²) in [7, 11) is 0. The third-order valence-electron chi connectivity index (χ3n) is 4.35. The molecule has 124 valence electrons. The van der Waals surface area contributed by atoms with Crippen molar-refractivity contribution in [3.63, 3.8) is 0 Å². The number of fused-ring (bicyclic) bond motifs is 3. The van der Waals surface area contributed by atoms with Crippen molar-refractivity contribution in [3.05, 3.63) is 22.7 Å². The van der Waals surface area contributed by atoms with E-state index in [-0.39, 0.29) is 5.91 Å². The van der Waals surface area contributed by atoms with Crippen molar-refractivity contribution in [2.45, 2.75) is 32.1 Å². The van der Waals surface area contributed by atoms with Crippen molar-refractivity contribution < 1.29 is 4.79 Å².